The lowest BCUT2D eigenvalue weighted by molar-refractivity contribution is -0.149. The van der Waals surface area contributed by atoms with Gasteiger partial charge in [0.25, 0.3) is 0 Å². The molecule has 0 bridgehead atoms. The van der Waals surface area contributed by atoms with Crippen molar-refractivity contribution in [3.8, 4) is 0 Å². The smallest absolute Gasteiger partial charge is 0.326 e. The third kappa shape index (κ3) is 25.9. The number of amides is 15. The standard InChI is InChI=1S/C80H113N23O19S2/c1-42(2)65(73(115)96-56(76(118)103-28-13-22-61(103)79(121)122)31-45-34-87-51-17-8-6-15-48(45)51)99-72(114)59-20-10-25-100(59)77(119)57(39-104)97-69(111)54(30-44-33-86-50-16-7-5-14-47(44)50)94-68(110)52(23-29-124-4)92-71(113)58-19-11-26-101(58)78(120)60-21-12-27-102(60)75(117)53(18-9-24-85-80(82)83)93-70(112)55(32-46-35-84-41-91-46)95-74(116)66(43(3)105)98-64(108)38-89-62(106)36-88-63(107)37-90-67(109)49(81)40-123/h5-8,14-17,33-35,41-43,49,52-61,65-66,86-87,104-105,123H,9-13,18-32,36-40,81H2,1-4H3,(H,84,91)(H,88,107)(H,89,106)(H,90,109)(H,92,113)(H,93,112)(H,94,110)(H,95,116)(H,96,115)(H,97,111)(H,98,108)(H,99,114)(H,121,122)(H4,82,83,85)/t43-,49+,52+,53+,54+,55+,56+,57+,58+,59+,60+,61+,65+,66+/m1/s1. The van der Waals surface area contributed by atoms with Crippen molar-refractivity contribution in [3.05, 3.63) is 90.3 Å². The van der Waals surface area contributed by atoms with Crippen LogP contribution in [0.5, 0.6) is 0 Å². The number of benzene rings is 2. The first-order valence-corrected chi connectivity index (χ1v) is 43.3. The number of thioether (sulfide) groups is 1. The molecule has 15 amide bonds. The maximum atomic E-state index is 15.1. The highest BCUT2D eigenvalue weighted by atomic mass is 32.2. The molecule has 0 saturated carbocycles. The molecule has 9 rings (SSSR count). The SMILES string of the molecule is CSCC[C@H](NC(=O)[C@@H]1CCCN1C(=O)[C@@H]1CCCN1C(=O)[C@H](CCCNC(=N)N)NC(=O)[C@H](Cc1c[nH]cn1)NC(=O)[C@@H](NC(=O)CNC(=O)CNC(=O)CNC(=O)[C@@H](N)CS)[C@@H](C)O)C(=O)N[C@@H](Cc1c[nH]c2ccccc12)C(=O)N[C@@H](CO)C(=O)N1CCC[C@H]1C(=O)N[C@H](C(=O)N[C@@H](Cc1c[nH]c2ccccc12)C(=O)N1CCC[C@H]1C(=O)O)C(C)C. The molecule has 124 heavy (non-hydrogen) atoms. The summed E-state index contributed by atoms with van der Waals surface area (Å²) in [5, 5.41) is 71.8. The second-order valence-corrected chi connectivity index (χ2v) is 32.7. The van der Waals surface area contributed by atoms with Gasteiger partial charge in [0.2, 0.25) is 88.6 Å². The zero-order valence-electron chi connectivity index (χ0n) is 69.4. The van der Waals surface area contributed by atoms with Gasteiger partial charge in [0.1, 0.15) is 72.5 Å². The summed E-state index contributed by atoms with van der Waals surface area (Å²) in [7, 11) is 0. The van der Waals surface area contributed by atoms with E-state index in [9.17, 15) is 82.4 Å². The fourth-order valence-electron chi connectivity index (χ4n) is 15.6. The number of thiol groups is 1. The fourth-order valence-corrected chi connectivity index (χ4v) is 16.2. The Balaban J connectivity index is 0.857. The molecule has 4 saturated heterocycles. The van der Waals surface area contributed by atoms with Crippen LogP contribution in [0.15, 0.2) is 73.4 Å². The number of aliphatic carboxylic acids is 1. The van der Waals surface area contributed by atoms with Crippen LogP contribution in [-0.4, -0.2) is 317 Å². The van der Waals surface area contributed by atoms with E-state index in [2.05, 4.69) is 96.4 Å². The summed E-state index contributed by atoms with van der Waals surface area (Å²) >= 11 is 5.27. The Labute approximate surface area is 723 Å². The lowest BCUT2D eigenvalue weighted by Gasteiger charge is -2.34. The van der Waals surface area contributed by atoms with Crippen molar-refractivity contribution < 1.29 is 92.0 Å². The number of hydrogen-bond donors (Lipinski definition) is 22. The van der Waals surface area contributed by atoms with Gasteiger partial charge in [-0.15, -0.1) is 0 Å². The van der Waals surface area contributed by atoms with Crippen LogP contribution >= 0.6 is 24.4 Å². The number of nitrogens with one attached hydrogen (secondary N) is 16. The monoisotopic (exact) mass is 1760 g/mol. The van der Waals surface area contributed by atoms with Crippen LogP contribution < -0.4 is 75.3 Å². The number of para-hydroxylation sites is 2. The Morgan fingerprint density at radius 1 is 0.540 bits per heavy atom. The van der Waals surface area contributed by atoms with Crippen LogP contribution in [-0.2, 0) is 96.0 Å². The molecule has 42 nitrogen and oxygen atoms in total. The van der Waals surface area contributed by atoms with E-state index in [1.807, 2.05) is 24.3 Å². The second kappa shape index (κ2) is 46.0. The number of carboxylic acid groups (broad SMARTS) is 1. The molecule has 674 valence electrons. The minimum atomic E-state index is -1.75. The van der Waals surface area contributed by atoms with Crippen molar-refractivity contribution in [1.82, 2.24) is 103 Å². The van der Waals surface area contributed by atoms with E-state index in [-0.39, 0.29) is 114 Å². The number of nitrogens with two attached hydrogens (primary N) is 2. The number of nitrogens with zero attached hydrogens (tertiary/aromatic N) is 5. The molecule has 0 spiro atoms. The molecule has 4 aliphatic rings. The lowest BCUT2D eigenvalue weighted by atomic mass is 9.99. The topological polar surface area (TPSA) is 627 Å². The van der Waals surface area contributed by atoms with Gasteiger partial charge in [-0.1, -0.05) is 50.2 Å². The number of aromatic nitrogens is 4. The number of aromatic amines is 3. The molecule has 5 aromatic rings. The molecule has 0 radical (unpaired) electrons. The van der Waals surface area contributed by atoms with Crippen molar-refractivity contribution in [2.24, 2.45) is 17.4 Å². The Kier molecular flexibility index (Phi) is 35.6. The Morgan fingerprint density at radius 3 is 1.58 bits per heavy atom. The molecule has 4 fully saturated rings. The van der Waals surface area contributed by atoms with Gasteiger partial charge in [-0.25, -0.2) is 9.78 Å². The van der Waals surface area contributed by atoms with Crippen LogP contribution in [0.4, 0.5) is 0 Å². The number of carbonyl (C=O) groups is 16. The molecule has 7 heterocycles. The van der Waals surface area contributed by atoms with Crippen molar-refractivity contribution in [2.75, 3.05) is 76.7 Å². The Morgan fingerprint density at radius 2 is 1.02 bits per heavy atom. The summed E-state index contributed by atoms with van der Waals surface area (Å²) in [5.74, 6) is -14.0. The van der Waals surface area contributed by atoms with Crippen molar-refractivity contribution in [2.45, 2.75) is 195 Å². The fraction of sp³-hybridized carbons (Fsp3) is 0.550. The lowest BCUT2D eigenvalue weighted by Crippen LogP contribution is -2.61. The van der Waals surface area contributed by atoms with Crippen molar-refractivity contribution in [1.29, 1.82) is 5.41 Å². The van der Waals surface area contributed by atoms with E-state index in [0.717, 1.165) is 10.9 Å². The van der Waals surface area contributed by atoms with Gasteiger partial charge in [0, 0.05) is 98.1 Å². The number of guanidine groups is 1. The average molecular weight is 1770 g/mol. The van der Waals surface area contributed by atoms with E-state index in [1.54, 1.807) is 56.8 Å². The minimum Gasteiger partial charge on any atom is -0.480 e. The number of H-pyrrole nitrogens is 3. The van der Waals surface area contributed by atoms with Gasteiger partial charge in [-0.3, -0.25) is 77.3 Å². The molecule has 44 heteroatoms. The molecule has 3 aromatic heterocycles. The van der Waals surface area contributed by atoms with E-state index in [1.165, 1.54) is 50.8 Å². The Hall–Kier alpha value is -11.9. The Bertz CT molecular complexity index is 4660. The number of aliphatic hydroxyl groups is 2. The first-order chi connectivity index (χ1) is 59.3. The van der Waals surface area contributed by atoms with Crippen molar-refractivity contribution in [3.63, 3.8) is 0 Å². The molecular formula is C80H113N23O19S2. The van der Waals surface area contributed by atoms with Gasteiger partial charge in [0.05, 0.1) is 50.4 Å². The van der Waals surface area contributed by atoms with Gasteiger partial charge in [-0.05, 0) is 119 Å². The summed E-state index contributed by atoms with van der Waals surface area (Å²) in [6, 6.07) is -3.10. The van der Waals surface area contributed by atoms with Crippen LogP contribution in [0.25, 0.3) is 21.8 Å². The zero-order chi connectivity index (χ0) is 90.0. The van der Waals surface area contributed by atoms with Crippen LogP contribution in [0, 0.1) is 11.3 Å². The molecule has 2 aromatic carbocycles. The summed E-state index contributed by atoms with van der Waals surface area (Å²) in [6.45, 7) is 1.89. The van der Waals surface area contributed by atoms with Crippen LogP contribution in [0.2, 0.25) is 0 Å². The maximum absolute atomic E-state index is 15.1. The molecule has 14 atom stereocenters. The molecule has 23 N–H and O–H groups in total. The normalized spacial score (nSPS) is 18.7. The molecule has 0 aliphatic carbocycles. The second-order valence-electron chi connectivity index (χ2n) is 31.4. The van der Waals surface area contributed by atoms with Gasteiger partial charge in [0.15, 0.2) is 5.96 Å². The van der Waals surface area contributed by atoms with Gasteiger partial charge >= 0.3 is 5.97 Å². The van der Waals surface area contributed by atoms with E-state index < -0.39 is 211 Å². The van der Waals surface area contributed by atoms with E-state index >= 15 is 9.59 Å². The third-order valence-electron chi connectivity index (χ3n) is 22.2. The number of likely N-dealkylation sites (tertiary alicyclic amines) is 4. The van der Waals surface area contributed by atoms with Gasteiger partial charge in [-0.2, -0.15) is 24.4 Å². The van der Waals surface area contributed by atoms with E-state index in [4.69, 9.17) is 16.9 Å². The highest BCUT2D eigenvalue weighted by Gasteiger charge is 2.47. The average Bonchev–Trinajstić information content (AvgIpc) is 1.64. The zero-order valence-corrected chi connectivity index (χ0v) is 71.1. The number of carboxylic acids is 1. The number of carbonyl (C=O) groups excluding carboxylic acids is 15. The van der Waals surface area contributed by atoms with E-state index in [0.29, 0.717) is 53.5 Å². The predicted molar refractivity (Wildman–Crippen MR) is 455 cm³/mol. The third-order valence-corrected chi connectivity index (χ3v) is 23.2. The summed E-state index contributed by atoms with van der Waals surface area (Å²) < 4.78 is 0. The largest absolute Gasteiger partial charge is 0.480 e. The number of rotatable bonds is 44. The summed E-state index contributed by atoms with van der Waals surface area (Å²) in [6.07, 6.45) is 7.58. The number of hydrogen-bond acceptors (Lipinski definition) is 23. The minimum absolute atomic E-state index is 0.00180. The van der Waals surface area contributed by atoms with Crippen molar-refractivity contribution >= 4 is 147 Å². The highest BCUT2D eigenvalue weighted by molar-refractivity contribution is 7.98. The maximum Gasteiger partial charge on any atom is 0.326 e. The quantitative estimate of drug-likeness (QED) is 0.00751. The first kappa shape index (κ1) is 95.9. The number of aliphatic hydroxyl groups excluding tert-OH is 2. The summed E-state index contributed by atoms with van der Waals surface area (Å²) in [4.78, 5) is 243. The molecule has 0 unspecified atom stereocenters. The van der Waals surface area contributed by atoms with Crippen LogP contribution in [0.3, 0.4) is 0 Å². The number of fused-ring (bicyclic) bond motifs is 2. The molecular weight excluding hydrogens is 1650 g/mol. The molecule has 4 aliphatic heterocycles. The van der Waals surface area contributed by atoms with Gasteiger partial charge < -0.3 is 125 Å². The number of imidazole rings is 1. The first-order valence-electron chi connectivity index (χ1n) is 41.3. The predicted octanol–water partition coefficient (Wildman–Crippen LogP) is -5.02. The summed E-state index contributed by atoms with van der Waals surface area (Å²) in [5.41, 5.74) is 14.1. The van der Waals surface area contributed by atoms with Crippen LogP contribution in [0.1, 0.15) is 108 Å². The highest BCUT2D eigenvalue weighted by Crippen LogP contribution is 2.29.